The Kier molecular flexibility index (Phi) is 3.87. The van der Waals surface area contributed by atoms with Crippen molar-refractivity contribution in [2.45, 2.75) is 24.9 Å². The molecule has 2 nitrogen and oxygen atoms in total. The van der Waals surface area contributed by atoms with Crippen LogP contribution >= 0.6 is 0 Å². The number of benzene rings is 1. The first-order valence-electron chi connectivity index (χ1n) is 6.85. The number of nitrogens with zero attached hydrogens (tertiary/aromatic N) is 1. The Hall–Kier alpha value is -1.95. The number of rotatable bonds is 2. The number of alkyl halides is 2. The molecule has 2 heterocycles. The van der Waals surface area contributed by atoms with E-state index in [1.165, 1.54) is 6.20 Å². The van der Waals surface area contributed by atoms with Crippen molar-refractivity contribution in [3.05, 3.63) is 53.9 Å². The summed E-state index contributed by atoms with van der Waals surface area (Å²) in [6.45, 7) is -0.655. The Morgan fingerprint density at radius 1 is 1.14 bits per heavy atom. The highest BCUT2D eigenvalue weighted by Crippen LogP contribution is 2.36. The van der Waals surface area contributed by atoms with Crippen molar-refractivity contribution in [3.8, 4) is 11.1 Å². The van der Waals surface area contributed by atoms with Crippen LogP contribution < -0.4 is 0 Å². The Bertz CT molecular complexity index is 680. The van der Waals surface area contributed by atoms with Gasteiger partial charge < -0.3 is 4.74 Å². The van der Waals surface area contributed by atoms with Crippen molar-refractivity contribution < 1.29 is 22.3 Å². The van der Waals surface area contributed by atoms with Crippen LogP contribution in [-0.4, -0.2) is 17.5 Å². The number of halogens is 4. The zero-order valence-corrected chi connectivity index (χ0v) is 11.5. The normalized spacial score (nSPS) is 20.8. The van der Waals surface area contributed by atoms with E-state index in [4.69, 9.17) is 4.74 Å². The van der Waals surface area contributed by atoms with E-state index in [1.807, 2.05) is 0 Å². The molecule has 1 aromatic carbocycles. The second-order valence-corrected chi connectivity index (χ2v) is 5.29. The summed E-state index contributed by atoms with van der Waals surface area (Å²) in [6.07, 6.45) is 0.731. The zero-order valence-electron chi connectivity index (χ0n) is 11.5. The van der Waals surface area contributed by atoms with Crippen LogP contribution in [0.3, 0.4) is 0 Å². The van der Waals surface area contributed by atoms with Gasteiger partial charge in [-0.2, -0.15) is 0 Å². The highest BCUT2D eigenvalue weighted by Gasteiger charge is 2.36. The van der Waals surface area contributed by atoms with Gasteiger partial charge in [0, 0.05) is 18.2 Å². The van der Waals surface area contributed by atoms with Crippen LogP contribution in [0.1, 0.15) is 24.6 Å². The van der Waals surface area contributed by atoms with Crippen molar-refractivity contribution in [1.82, 2.24) is 4.98 Å². The number of pyridine rings is 1. The summed E-state index contributed by atoms with van der Waals surface area (Å²) in [5.74, 6) is -3.93. The maximum Gasteiger partial charge on any atom is 0.271 e. The van der Waals surface area contributed by atoms with Crippen LogP contribution in [-0.2, 0) is 4.74 Å². The minimum absolute atomic E-state index is 0.102. The molecule has 1 aromatic heterocycles. The van der Waals surface area contributed by atoms with Gasteiger partial charge in [0.25, 0.3) is 5.92 Å². The van der Waals surface area contributed by atoms with Gasteiger partial charge in [-0.05, 0) is 42.3 Å². The van der Waals surface area contributed by atoms with Crippen molar-refractivity contribution in [1.29, 1.82) is 0 Å². The first-order chi connectivity index (χ1) is 10.4. The summed E-state index contributed by atoms with van der Waals surface area (Å²) in [4.78, 5) is 4.10. The van der Waals surface area contributed by atoms with Crippen molar-refractivity contribution in [3.63, 3.8) is 0 Å². The Morgan fingerprint density at radius 3 is 2.68 bits per heavy atom. The van der Waals surface area contributed by atoms with Gasteiger partial charge in [-0.3, -0.25) is 4.98 Å². The lowest BCUT2D eigenvalue weighted by Crippen LogP contribution is -2.31. The second-order valence-electron chi connectivity index (χ2n) is 5.29. The minimum atomic E-state index is -2.82. The summed E-state index contributed by atoms with van der Waals surface area (Å²) in [5, 5.41) is 0. The van der Waals surface area contributed by atoms with Crippen molar-refractivity contribution in [2.75, 3.05) is 6.61 Å². The van der Waals surface area contributed by atoms with E-state index in [0.29, 0.717) is 11.3 Å². The molecule has 116 valence electrons. The van der Waals surface area contributed by atoms with Gasteiger partial charge in [0.05, 0.1) is 11.8 Å². The number of aromatic nitrogens is 1. The second kappa shape index (κ2) is 5.68. The molecule has 3 rings (SSSR count). The molecule has 6 heteroatoms. The third-order valence-electron chi connectivity index (χ3n) is 3.62. The van der Waals surface area contributed by atoms with Gasteiger partial charge in [0.1, 0.15) is 18.2 Å². The van der Waals surface area contributed by atoms with Gasteiger partial charge >= 0.3 is 0 Å². The van der Waals surface area contributed by atoms with Crippen LogP contribution in [0.2, 0.25) is 0 Å². The number of ether oxygens (including phenoxy) is 1. The Morgan fingerprint density at radius 2 is 1.95 bits per heavy atom. The molecule has 1 unspecified atom stereocenters. The molecule has 0 spiro atoms. The molecule has 1 aliphatic heterocycles. The predicted octanol–water partition coefficient (Wildman–Crippen LogP) is 4.51. The molecule has 1 aliphatic rings. The lowest BCUT2D eigenvalue weighted by atomic mass is 10.00. The Labute approximate surface area is 124 Å². The monoisotopic (exact) mass is 311 g/mol. The Balaban J connectivity index is 1.89. The molecule has 0 bridgehead atoms. The largest absolute Gasteiger partial charge is 0.366 e. The van der Waals surface area contributed by atoms with Crippen LogP contribution in [0.4, 0.5) is 17.6 Å². The van der Waals surface area contributed by atoms with Gasteiger partial charge in [-0.15, -0.1) is 0 Å². The van der Waals surface area contributed by atoms with Crippen LogP contribution in [0.5, 0.6) is 0 Å². The summed E-state index contributed by atoms with van der Waals surface area (Å²) in [7, 11) is 0. The third-order valence-corrected chi connectivity index (χ3v) is 3.62. The third kappa shape index (κ3) is 3.11. The lowest BCUT2D eigenvalue weighted by Gasteiger charge is -2.28. The summed E-state index contributed by atoms with van der Waals surface area (Å²) >= 11 is 0. The molecule has 0 aliphatic carbocycles. The molecule has 0 saturated carbocycles. The van der Waals surface area contributed by atoms with Crippen molar-refractivity contribution >= 4 is 0 Å². The smallest absolute Gasteiger partial charge is 0.271 e. The molecule has 1 fully saturated rings. The van der Waals surface area contributed by atoms with Gasteiger partial charge in [-0.25, -0.2) is 17.6 Å². The van der Waals surface area contributed by atoms with E-state index in [0.717, 1.165) is 18.2 Å². The van der Waals surface area contributed by atoms with Crippen LogP contribution in [0, 0.1) is 11.6 Å². The van der Waals surface area contributed by atoms with Crippen LogP contribution in [0.25, 0.3) is 11.1 Å². The molecule has 0 N–H and O–H groups in total. The molecular formula is C16H13F4NO. The number of hydrogen-bond acceptors (Lipinski definition) is 2. The topological polar surface area (TPSA) is 22.1 Å². The van der Waals surface area contributed by atoms with E-state index < -0.39 is 30.3 Å². The molecular weight excluding hydrogens is 298 g/mol. The van der Waals surface area contributed by atoms with E-state index in [-0.39, 0.29) is 18.4 Å². The van der Waals surface area contributed by atoms with Crippen molar-refractivity contribution in [2.24, 2.45) is 0 Å². The fourth-order valence-corrected chi connectivity index (χ4v) is 2.46. The van der Waals surface area contributed by atoms with E-state index in [2.05, 4.69) is 4.98 Å². The molecule has 1 atom stereocenters. The van der Waals surface area contributed by atoms with Gasteiger partial charge in [0.2, 0.25) is 0 Å². The lowest BCUT2D eigenvalue weighted by molar-refractivity contribution is -0.146. The average molecular weight is 311 g/mol. The van der Waals surface area contributed by atoms with E-state index in [1.54, 1.807) is 12.1 Å². The first-order valence-corrected chi connectivity index (χ1v) is 6.85. The maximum atomic E-state index is 13.8. The minimum Gasteiger partial charge on any atom is -0.366 e. The highest BCUT2D eigenvalue weighted by molar-refractivity contribution is 5.64. The quantitative estimate of drug-likeness (QED) is 0.761. The molecule has 0 amide bonds. The predicted molar refractivity (Wildman–Crippen MR) is 72.5 cm³/mol. The molecule has 2 aromatic rings. The summed E-state index contributed by atoms with van der Waals surface area (Å²) in [5.41, 5.74) is 0.976. The number of hydrogen-bond donors (Lipinski definition) is 0. The zero-order chi connectivity index (χ0) is 15.7. The highest BCUT2D eigenvalue weighted by atomic mass is 19.3. The first kappa shape index (κ1) is 15.0. The fraction of sp³-hybridized carbons (Fsp3) is 0.312. The standard InChI is InChI=1S/C16H13F4NO/c17-11-1-2-13(18)12(8-11)10-4-6-21-14(7-10)15-3-5-16(19,20)9-22-15/h1-2,4,6-8,15H,3,5,9H2. The molecule has 1 saturated heterocycles. The SMILES string of the molecule is Fc1ccc(F)c(-c2ccnc(C3CCC(F)(F)CO3)c2)c1. The van der Waals surface area contributed by atoms with E-state index >= 15 is 0 Å². The van der Waals surface area contributed by atoms with E-state index in [9.17, 15) is 17.6 Å². The summed E-state index contributed by atoms with van der Waals surface area (Å²) < 4.78 is 58.4. The molecule has 0 radical (unpaired) electrons. The average Bonchev–Trinajstić information content (AvgIpc) is 2.50. The van der Waals surface area contributed by atoms with Crippen LogP contribution in [0.15, 0.2) is 36.5 Å². The van der Waals surface area contributed by atoms with Gasteiger partial charge in [0.15, 0.2) is 0 Å². The maximum absolute atomic E-state index is 13.8. The summed E-state index contributed by atoms with van der Waals surface area (Å²) in [6, 6.07) is 6.25. The fourth-order valence-electron chi connectivity index (χ4n) is 2.46. The molecule has 22 heavy (non-hydrogen) atoms. The van der Waals surface area contributed by atoms with Gasteiger partial charge in [-0.1, -0.05) is 0 Å².